The van der Waals surface area contributed by atoms with Crippen LogP contribution in [0.2, 0.25) is 0 Å². The van der Waals surface area contributed by atoms with Crippen LogP contribution < -0.4 is 5.32 Å². The fourth-order valence-corrected chi connectivity index (χ4v) is 1.04. The normalized spacial score (nSPS) is 11.7. The van der Waals surface area contributed by atoms with Crippen molar-refractivity contribution in [2.45, 2.75) is 52.7 Å². The summed E-state index contributed by atoms with van der Waals surface area (Å²) in [7, 11) is 0. The van der Waals surface area contributed by atoms with E-state index < -0.39 is 23.6 Å². The van der Waals surface area contributed by atoms with Gasteiger partial charge in [0.15, 0.2) is 16.3 Å². The molecule has 7 nitrogen and oxygen atoms in total. The van der Waals surface area contributed by atoms with Crippen LogP contribution in [0.3, 0.4) is 0 Å². The summed E-state index contributed by atoms with van der Waals surface area (Å²) in [6.07, 6.45) is -0.152. The largest absolute Gasteiger partial charge is 0.480 e. The first-order valence-corrected chi connectivity index (χ1v) is 6.65. The predicted molar refractivity (Wildman–Crippen MR) is 76.3 cm³/mol. The van der Waals surface area contributed by atoms with Crippen LogP contribution in [0.1, 0.15) is 41.0 Å². The van der Waals surface area contributed by atoms with Gasteiger partial charge in [-0.1, -0.05) is 6.92 Å². The summed E-state index contributed by atoms with van der Waals surface area (Å²) in [5.41, 5.74) is -0.577. The molecule has 2 N–H and O–H groups in total. The van der Waals surface area contributed by atoms with Crippen LogP contribution in [0.25, 0.3) is 0 Å². The van der Waals surface area contributed by atoms with Crippen molar-refractivity contribution >= 4 is 34.2 Å². The van der Waals surface area contributed by atoms with E-state index in [1.165, 1.54) is 6.92 Å². The quantitative estimate of drug-likeness (QED) is 0.722. The molecule has 0 aromatic rings. The Balaban J connectivity index is 0. The van der Waals surface area contributed by atoms with E-state index in [2.05, 4.69) is 25.4 Å². The Morgan fingerprint density at radius 3 is 2.00 bits per heavy atom. The van der Waals surface area contributed by atoms with Gasteiger partial charge in [0.25, 0.3) is 0 Å². The molecule has 0 aromatic heterocycles. The van der Waals surface area contributed by atoms with Gasteiger partial charge in [-0.05, 0) is 27.3 Å². The third-order valence-electron chi connectivity index (χ3n) is 1.65. The highest BCUT2D eigenvalue weighted by Crippen LogP contribution is 2.09. The number of rotatable bonds is 5. The van der Waals surface area contributed by atoms with Crippen LogP contribution in [0.5, 0.6) is 0 Å². The number of halogens is 1. The Bertz CT molecular complexity index is 326. The van der Waals surface area contributed by atoms with E-state index in [-0.39, 0.29) is 12.4 Å². The Hall–Kier alpha value is -1.15. The third kappa shape index (κ3) is 14.9. The van der Waals surface area contributed by atoms with Crippen molar-refractivity contribution in [2.24, 2.45) is 0 Å². The highest BCUT2D eigenvalue weighted by atomic mass is 79.9. The molecule has 0 radical (unpaired) electrons. The molecule has 0 heterocycles. The van der Waals surface area contributed by atoms with Gasteiger partial charge in [-0.15, -0.1) is 0 Å². The van der Waals surface area contributed by atoms with Gasteiger partial charge in [0.1, 0.15) is 11.6 Å². The Morgan fingerprint density at radius 2 is 1.75 bits per heavy atom. The lowest BCUT2D eigenvalue weighted by atomic mass is 10.1. The highest BCUT2D eigenvalue weighted by molar-refractivity contribution is 9.06. The zero-order chi connectivity index (χ0) is 16.3. The van der Waals surface area contributed by atoms with Crippen LogP contribution in [0.4, 0.5) is 0 Å². The van der Waals surface area contributed by atoms with Crippen LogP contribution >= 0.6 is 16.3 Å². The van der Waals surface area contributed by atoms with E-state index in [9.17, 15) is 14.4 Å². The van der Waals surface area contributed by atoms with E-state index in [1.54, 1.807) is 27.7 Å². The summed E-state index contributed by atoms with van der Waals surface area (Å²) in [5, 5.41) is 11.5. The molecule has 0 aromatic carbocycles. The SMILES string of the molecule is CC(=O)OBr.CCNC(CC(=O)OC(C)(C)C)C(=O)O. The van der Waals surface area contributed by atoms with Crippen molar-refractivity contribution in [3.8, 4) is 0 Å². The molecular weight excluding hydrogens is 334 g/mol. The molecule has 0 bridgehead atoms. The first-order chi connectivity index (χ1) is 9.03. The maximum absolute atomic E-state index is 11.3. The lowest BCUT2D eigenvalue weighted by Crippen LogP contribution is -2.39. The molecule has 0 fully saturated rings. The number of hydrogen-bond acceptors (Lipinski definition) is 6. The molecule has 20 heavy (non-hydrogen) atoms. The second-order valence-electron chi connectivity index (χ2n) is 4.81. The van der Waals surface area contributed by atoms with Gasteiger partial charge >= 0.3 is 17.9 Å². The number of nitrogens with one attached hydrogen (secondary N) is 1. The van der Waals surface area contributed by atoms with Crippen molar-refractivity contribution < 1.29 is 28.1 Å². The number of carboxylic acids is 1. The molecule has 0 aliphatic rings. The second-order valence-corrected chi connectivity index (χ2v) is 5.13. The Morgan fingerprint density at radius 1 is 1.30 bits per heavy atom. The molecule has 0 spiro atoms. The van der Waals surface area contributed by atoms with E-state index in [4.69, 9.17) is 9.84 Å². The number of carbonyl (C=O) groups is 3. The van der Waals surface area contributed by atoms with Crippen LogP contribution in [-0.2, 0) is 22.9 Å². The average Bonchev–Trinajstić information content (AvgIpc) is 2.26. The first kappa shape index (κ1) is 21.2. The van der Waals surface area contributed by atoms with Crippen LogP contribution in [0, 0.1) is 0 Å². The maximum atomic E-state index is 11.3. The molecule has 1 atom stereocenters. The topological polar surface area (TPSA) is 102 Å². The van der Waals surface area contributed by atoms with E-state index in [1.807, 2.05) is 0 Å². The van der Waals surface area contributed by atoms with Gasteiger partial charge in [0.2, 0.25) is 0 Å². The van der Waals surface area contributed by atoms with Gasteiger partial charge in [-0.3, -0.25) is 14.4 Å². The molecule has 0 aliphatic carbocycles. The maximum Gasteiger partial charge on any atom is 0.321 e. The molecule has 0 saturated carbocycles. The number of aliphatic carboxylic acids is 1. The van der Waals surface area contributed by atoms with Crippen molar-refractivity contribution in [1.82, 2.24) is 5.32 Å². The second kappa shape index (κ2) is 10.6. The van der Waals surface area contributed by atoms with Crippen molar-refractivity contribution in [3.05, 3.63) is 0 Å². The summed E-state index contributed by atoms with van der Waals surface area (Å²) < 4.78 is 8.95. The molecule has 1 unspecified atom stereocenters. The zero-order valence-electron chi connectivity index (χ0n) is 12.4. The molecule has 8 heteroatoms. The van der Waals surface area contributed by atoms with Crippen molar-refractivity contribution in [1.29, 1.82) is 0 Å². The predicted octanol–water partition coefficient (Wildman–Crippen LogP) is 1.64. The monoisotopic (exact) mass is 355 g/mol. The Labute approximate surface area is 127 Å². The van der Waals surface area contributed by atoms with E-state index >= 15 is 0 Å². The van der Waals surface area contributed by atoms with Crippen molar-refractivity contribution in [2.75, 3.05) is 6.54 Å². The smallest absolute Gasteiger partial charge is 0.321 e. The fraction of sp³-hybridized carbons (Fsp3) is 0.750. The molecule has 0 rings (SSSR count). The molecule has 0 amide bonds. The number of esters is 1. The van der Waals surface area contributed by atoms with Crippen LogP contribution in [-0.4, -0.2) is 41.2 Å². The van der Waals surface area contributed by atoms with Crippen molar-refractivity contribution in [3.63, 3.8) is 0 Å². The van der Waals surface area contributed by atoms with E-state index in [0.717, 1.165) is 0 Å². The van der Waals surface area contributed by atoms with Crippen LogP contribution in [0.15, 0.2) is 0 Å². The summed E-state index contributed by atoms with van der Waals surface area (Å²) >= 11 is 2.46. The number of carbonyl (C=O) groups excluding carboxylic acids is 2. The van der Waals surface area contributed by atoms with Gasteiger partial charge < -0.3 is 19.0 Å². The highest BCUT2D eigenvalue weighted by Gasteiger charge is 2.24. The number of ether oxygens (including phenoxy) is 1. The number of hydrogen-bond donors (Lipinski definition) is 2. The molecule has 118 valence electrons. The lowest BCUT2D eigenvalue weighted by Gasteiger charge is -2.21. The standard InChI is InChI=1S/C10H19NO4.C2H3BrO2/c1-5-11-7(9(13)14)6-8(12)15-10(2,3)4;1-2(4)5-3/h7,11H,5-6H2,1-4H3,(H,13,14);1H3. The fourth-order valence-electron chi connectivity index (χ4n) is 1.04. The molecule has 0 aliphatic heterocycles. The minimum absolute atomic E-state index is 0.152. The summed E-state index contributed by atoms with van der Waals surface area (Å²) in [5.74, 6) is -1.87. The third-order valence-corrected chi connectivity index (χ3v) is 2.10. The van der Waals surface area contributed by atoms with Gasteiger partial charge in [-0.25, -0.2) is 0 Å². The molecular formula is C12H22BrNO6. The Kier molecular flexibility index (Phi) is 11.2. The summed E-state index contributed by atoms with van der Waals surface area (Å²) in [6, 6.07) is -0.871. The van der Waals surface area contributed by atoms with Gasteiger partial charge in [-0.2, -0.15) is 0 Å². The minimum Gasteiger partial charge on any atom is -0.480 e. The lowest BCUT2D eigenvalue weighted by molar-refractivity contribution is -0.158. The summed E-state index contributed by atoms with van der Waals surface area (Å²) in [4.78, 5) is 31.6. The molecule has 0 saturated heterocycles. The van der Waals surface area contributed by atoms with E-state index in [0.29, 0.717) is 6.54 Å². The zero-order valence-corrected chi connectivity index (χ0v) is 13.9. The van der Waals surface area contributed by atoms with Gasteiger partial charge in [0, 0.05) is 6.92 Å². The number of likely N-dealkylation sites (N-methyl/N-ethyl adjacent to an activating group) is 1. The average molecular weight is 356 g/mol. The summed E-state index contributed by atoms with van der Waals surface area (Å²) in [6.45, 7) is 8.83. The minimum atomic E-state index is -1.04. The first-order valence-electron chi connectivity index (χ1n) is 6.00. The van der Waals surface area contributed by atoms with Gasteiger partial charge in [0.05, 0.1) is 6.42 Å². The number of carboxylic acid groups (broad SMARTS) is 1.